The van der Waals surface area contributed by atoms with Crippen molar-refractivity contribution >= 4 is 11.7 Å². The lowest BCUT2D eigenvalue weighted by molar-refractivity contribution is -0.128. The molecule has 3 atom stereocenters. The van der Waals surface area contributed by atoms with E-state index in [4.69, 9.17) is 4.74 Å². The molecule has 0 aromatic heterocycles. The number of rotatable bonds is 5. The smallest absolute Gasteiger partial charge is 0.260 e. The van der Waals surface area contributed by atoms with Crippen LogP contribution in [0.2, 0.25) is 0 Å². The van der Waals surface area contributed by atoms with Crippen LogP contribution < -0.4 is 15.4 Å². The summed E-state index contributed by atoms with van der Waals surface area (Å²) in [5.41, 5.74) is 0.588. The molecule has 0 saturated carbocycles. The van der Waals surface area contributed by atoms with E-state index in [0.29, 0.717) is 23.4 Å². The van der Waals surface area contributed by atoms with E-state index < -0.39 is 6.10 Å². The molecule has 3 rings (SSSR count). The number of amides is 1. The van der Waals surface area contributed by atoms with E-state index in [9.17, 15) is 9.59 Å². The quantitative estimate of drug-likeness (QED) is 0.816. The molecule has 2 heterocycles. The Morgan fingerprint density at radius 2 is 1.96 bits per heavy atom. The SMILES string of the molecule is CC(=O)c1cccc(OC(C)C(=O)NC2CC3CCC(C2)N3)c1. The van der Waals surface area contributed by atoms with Gasteiger partial charge in [0.2, 0.25) is 0 Å². The second-order valence-corrected chi connectivity index (χ2v) is 6.66. The molecule has 5 heteroatoms. The average molecular weight is 316 g/mol. The van der Waals surface area contributed by atoms with Crippen molar-refractivity contribution in [2.75, 3.05) is 0 Å². The summed E-state index contributed by atoms with van der Waals surface area (Å²) >= 11 is 0. The highest BCUT2D eigenvalue weighted by molar-refractivity contribution is 5.94. The minimum Gasteiger partial charge on any atom is -0.481 e. The van der Waals surface area contributed by atoms with E-state index in [1.165, 1.54) is 19.8 Å². The molecule has 2 fully saturated rings. The van der Waals surface area contributed by atoms with Crippen LogP contribution in [0.25, 0.3) is 0 Å². The maximum Gasteiger partial charge on any atom is 0.260 e. The summed E-state index contributed by atoms with van der Waals surface area (Å²) in [5.74, 6) is 0.438. The Morgan fingerprint density at radius 1 is 1.26 bits per heavy atom. The molecule has 2 saturated heterocycles. The van der Waals surface area contributed by atoms with Crippen LogP contribution in [0.5, 0.6) is 5.75 Å². The van der Waals surface area contributed by atoms with Crippen LogP contribution in [0.4, 0.5) is 0 Å². The molecule has 23 heavy (non-hydrogen) atoms. The van der Waals surface area contributed by atoms with E-state index in [1.54, 1.807) is 31.2 Å². The summed E-state index contributed by atoms with van der Waals surface area (Å²) in [7, 11) is 0. The van der Waals surface area contributed by atoms with Crippen LogP contribution in [0, 0.1) is 0 Å². The molecule has 1 amide bonds. The third kappa shape index (κ3) is 3.91. The van der Waals surface area contributed by atoms with Gasteiger partial charge < -0.3 is 15.4 Å². The molecule has 0 aliphatic carbocycles. The van der Waals surface area contributed by atoms with Crippen molar-refractivity contribution in [1.82, 2.24) is 10.6 Å². The third-order valence-corrected chi connectivity index (χ3v) is 4.74. The molecule has 0 spiro atoms. The van der Waals surface area contributed by atoms with Gasteiger partial charge in [-0.1, -0.05) is 12.1 Å². The first kappa shape index (κ1) is 16.0. The Labute approximate surface area is 136 Å². The van der Waals surface area contributed by atoms with Crippen LogP contribution >= 0.6 is 0 Å². The minimum absolute atomic E-state index is 0.0160. The molecule has 2 N–H and O–H groups in total. The first-order valence-corrected chi connectivity index (χ1v) is 8.35. The number of hydrogen-bond acceptors (Lipinski definition) is 4. The van der Waals surface area contributed by atoms with Crippen LogP contribution in [-0.2, 0) is 4.79 Å². The number of piperidine rings is 1. The summed E-state index contributed by atoms with van der Waals surface area (Å²) in [6.07, 6.45) is 3.83. The Balaban J connectivity index is 1.55. The monoisotopic (exact) mass is 316 g/mol. The zero-order valence-corrected chi connectivity index (χ0v) is 13.7. The van der Waals surface area contributed by atoms with E-state index in [0.717, 1.165) is 12.8 Å². The maximum absolute atomic E-state index is 12.3. The highest BCUT2D eigenvalue weighted by atomic mass is 16.5. The second kappa shape index (κ2) is 6.71. The molecule has 3 unspecified atom stereocenters. The summed E-state index contributed by atoms with van der Waals surface area (Å²) in [5, 5.41) is 6.67. The molecule has 2 bridgehead atoms. The molecule has 0 radical (unpaired) electrons. The summed E-state index contributed by atoms with van der Waals surface area (Å²) in [4.78, 5) is 23.8. The fourth-order valence-electron chi connectivity index (χ4n) is 3.54. The predicted molar refractivity (Wildman–Crippen MR) is 87.6 cm³/mol. The summed E-state index contributed by atoms with van der Waals surface area (Å²) < 4.78 is 5.70. The lowest BCUT2D eigenvalue weighted by atomic mass is 9.99. The number of carbonyl (C=O) groups excluding carboxylic acids is 2. The number of carbonyl (C=O) groups is 2. The van der Waals surface area contributed by atoms with Gasteiger partial charge in [0.15, 0.2) is 11.9 Å². The average Bonchev–Trinajstić information content (AvgIpc) is 2.86. The fraction of sp³-hybridized carbons (Fsp3) is 0.556. The molecule has 5 nitrogen and oxygen atoms in total. The van der Waals surface area contributed by atoms with Gasteiger partial charge in [-0.25, -0.2) is 0 Å². The van der Waals surface area contributed by atoms with Gasteiger partial charge in [-0.2, -0.15) is 0 Å². The first-order valence-electron chi connectivity index (χ1n) is 8.35. The molecule has 1 aromatic rings. The van der Waals surface area contributed by atoms with Crippen molar-refractivity contribution in [3.8, 4) is 5.75 Å². The van der Waals surface area contributed by atoms with Crippen molar-refractivity contribution in [3.05, 3.63) is 29.8 Å². The van der Waals surface area contributed by atoms with Gasteiger partial charge >= 0.3 is 0 Å². The van der Waals surface area contributed by atoms with Crippen LogP contribution in [0.3, 0.4) is 0 Å². The van der Waals surface area contributed by atoms with Crippen molar-refractivity contribution < 1.29 is 14.3 Å². The number of benzene rings is 1. The summed E-state index contributed by atoms with van der Waals surface area (Å²) in [6.45, 7) is 3.26. The van der Waals surface area contributed by atoms with Gasteiger partial charge in [-0.15, -0.1) is 0 Å². The molecular formula is C18H24N2O3. The van der Waals surface area contributed by atoms with Gasteiger partial charge in [-0.3, -0.25) is 9.59 Å². The normalized spacial score (nSPS) is 27.3. The maximum atomic E-state index is 12.3. The topological polar surface area (TPSA) is 67.4 Å². The van der Waals surface area contributed by atoms with Gasteiger partial charge in [-0.05, 0) is 51.7 Å². The third-order valence-electron chi connectivity index (χ3n) is 4.74. The predicted octanol–water partition coefficient (Wildman–Crippen LogP) is 2.06. The van der Waals surface area contributed by atoms with Crippen LogP contribution in [0.15, 0.2) is 24.3 Å². The standard InChI is InChI=1S/C18H24N2O3/c1-11(21)13-4-3-5-17(8-13)23-12(2)18(22)20-16-9-14-6-7-15(10-16)19-14/h3-5,8,12,14-16,19H,6-7,9-10H2,1-2H3,(H,20,22). The van der Waals surface area contributed by atoms with Gasteiger partial charge in [0.05, 0.1) is 0 Å². The number of nitrogens with one attached hydrogen (secondary N) is 2. The van der Waals surface area contributed by atoms with Gasteiger partial charge in [0.25, 0.3) is 5.91 Å². The van der Waals surface area contributed by atoms with E-state index in [2.05, 4.69) is 10.6 Å². The number of ether oxygens (including phenoxy) is 1. The second-order valence-electron chi connectivity index (χ2n) is 6.66. The van der Waals surface area contributed by atoms with E-state index >= 15 is 0 Å². The number of Topliss-reactive ketones (excluding diaryl/α,β-unsaturated/α-hetero) is 1. The zero-order valence-electron chi connectivity index (χ0n) is 13.7. The molecule has 1 aromatic carbocycles. The fourth-order valence-corrected chi connectivity index (χ4v) is 3.54. The number of fused-ring (bicyclic) bond motifs is 2. The van der Waals surface area contributed by atoms with Crippen molar-refractivity contribution in [2.45, 2.75) is 63.8 Å². The Kier molecular flexibility index (Phi) is 4.66. The van der Waals surface area contributed by atoms with Crippen molar-refractivity contribution in [2.24, 2.45) is 0 Å². The van der Waals surface area contributed by atoms with Crippen molar-refractivity contribution in [1.29, 1.82) is 0 Å². The Morgan fingerprint density at radius 3 is 2.61 bits per heavy atom. The van der Waals surface area contributed by atoms with Gasteiger partial charge in [0, 0.05) is 23.7 Å². The first-order chi connectivity index (χ1) is 11.0. The molecule has 2 aliphatic rings. The van der Waals surface area contributed by atoms with Crippen molar-refractivity contribution in [3.63, 3.8) is 0 Å². The molecule has 124 valence electrons. The number of ketones is 1. The zero-order chi connectivity index (χ0) is 16.4. The lowest BCUT2D eigenvalue weighted by Crippen LogP contribution is -2.50. The van der Waals surface area contributed by atoms with Crippen LogP contribution in [0.1, 0.15) is 49.9 Å². The van der Waals surface area contributed by atoms with E-state index in [1.807, 2.05) is 0 Å². The minimum atomic E-state index is -0.579. The van der Waals surface area contributed by atoms with Crippen LogP contribution in [-0.4, -0.2) is 35.9 Å². The number of hydrogen-bond donors (Lipinski definition) is 2. The van der Waals surface area contributed by atoms with E-state index in [-0.39, 0.29) is 17.7 Å². The van der Waals surface area contributed by atoms with Gasteiger partial charge in [0.1, 0.15) is 5.75 Å². The largest absolute Gasteiger partial charge is 0.481 e. The highest BCUT2D eigenvalue weighted by Crippen LogP contribution is 2.26. The highest BCUT2D eigenvalue weighted by Gasteiger charge is 2.34. The molecular weight excluding hydrogens is 292 g/mol. The molecule has 2 aliphatic heterocycles. The summed E-state index contributed by atoms with van der Waals surface area (Å²) in [6, 6.07) is 8.27. The Hall–Kier alpha value is -1.88. The Bertz CT molecular complexity index is 590. The lowest BCUT2D eigenvalue weighted by Gasteiger charge is -2.30.